The van der Waals surface area contributed by atoms with E-state index >= 15 is 0 Å². The SMILES string of the molecule is O=C1CNC(C(=O)Nc2ccc(I)cc2Cl)CN1. The molecule has 1 unspecified atom stereocenters. The first-order valence-corrected chi connectivity index (χ1v) is 6.78. The second-order valence-electron chi connectivity index (χ2n) is 3.85. The molecule has 1 fully saturated rings. The third-order valence-corrected chi connectivity index (χ3v) is 3.50. The van der Waals surface area contributed by atoms with E-state index < -0.39 is 6.04 Å². The lowest BCUT2D eigenvalue weighted by atomic mass is 10.2. The largest absolute Gasteiger partial charge is 0.353 e. The van der Waals surface area contributed by atoms with E-state index in [1.54, 1.807) is 12.1 Å². The van der Waals surface area contributed by atoms with Gasteiger partial charge in [0.25, 0.3) is 0 Å². The lowest BCUT2D eigenvalue weighted by Crippen LogP contribution is -2.56. The molecule has 96 valence electrons. The van der Waals surface area contributed by atoms with Crippen molar-refractivity contribution in [1.82, 2.24) is 10.6 Å². The van der Waals surface area contributed by atoms with Gasteiger partial charge in [0.1, 0.15) is 6.04 Å². The van der Waals surface area contributed by atoms with E-state index in [1.807, 2.05) is 6.07 Å². The Bertz CT molecular complexity index is 485. The van der Waals surface area contributed by atoms with Gasteiger partial charge in [-0.3, -0.25) is 14.9 Å². The highest BCUT2D eigenvalue weighted by Crippen LogP contribution is 2.23. The molecular formula is C11H11ClIN3O2. The number of halogens is 2. The number of piperazine rings is 1. The predicted molar refractivity (Wildman–Crippen MR) is 77.6 cm³/mol. The van der Waals surface area contributed by atoms with Gasteiger partial charge < -0.3 is 10.6 Å². The van der Waals surface area contributed by atoms with Crippen molar-refractivity contribution in [3.05, 3.63) is 26.8 Å². The van der Waals surface area contributed by atoms with Crippen molar-refractivity contribution in [1.29, 1.82) is 0 Å². The summed E-state index contributed by atoms with van der Waals surface area (Å²) in [6.45, 7) is 0.436. The van der Waals surface area contributed by atoms with Crippen molar-refractivity contribution >= 4 is 51.7 Å². The molecule has 5 nitrogen and oxygen atoms in total. The number of amides is 2. The van der Waals surface area contributed by atoms with Crippen LogP contribution in [0.4, 0.5) is 5.69 Å². The molecule has 1 aromatic carbocycles. The molecule has 0 spiro atoms. The highest BCUT2D eigenvalue weighted by atomic mass is 127. The van der Waals surface area contributed by atoms with Crippen molar-refractivity contribution in [2.45, 2.75) is 6.04 Å². The number of carbonyl (C=O) groups is 2. The third-order valence-electron chi connectivity index (χ3n) is 2.52. The Hall–Kier alpha value is -0.860. The third kappa shape index (κ3) is 3.33. The molecule has 0 bridgehead atoms. The zero-order valence-electron chi connectivity index (χ0n) is 9.30. The van der Waals surface area contributed by atoms with E-state index in [4.69, 9.17) is 11.6 Å². The average molecular weight is 380 g/mol. The summed E-state index contributed by atoms with van der Waals surface area (Å²) in [5, 5.41) is 8.71. The van der Waals surface area contributed by atoms with E-state index in [-0.39, 0.29) is 24.9 Å². The Morgan fingerprint density at radius 1 is 1.50 bits per heavy atom. The van der Waals surface area contributed by atoms with Gasteiger partial charge >= 0.3 is 0 Å². The maximum absolute atomic E-state index is 11.9. The van der Waals surface area contributed by atoms with Gasteiger partial charge in [0, 0.05) is 10.1 Å². The first kappa shape index (κ1) is 13.6. The highest BCUT2D eigenvalue weighted by molar-refractivity contribution is 14.1. The van der Waals surface area contributed by atoms with E-state index in [0.29, 0.717) is 10.7 Å². The van der Waals surface area contributed by atoms with Crippen molar-refractivity contribution in [2.24, 2.45) is 0 Å². The summed E-state index contributed by atoms with van der Waals surface area (Å²) in [4.78, 5) is 22.9. The topological polar surface area (TPSA) is 70.2 Å². The second kappa shape index (κ2) is 5.85. The van der Waals surface area contributed by atoms with Gasteiger partial charge in [-0.1, -0.05) is 11.6 Å². The van der Waals surface area contributed by atoms with Crippen LogP contribution in [-0.2, 0) is 9.59 Å². The first-order valence-electron chi connectivity index (χ1n) is 5.32. The smallest absolute Gasteiger partial charge is 0.243 e. The molecular weight excluding hydrogens is 368 g/mol. The van der Waals surface area contributed by atoms with Crippen LogP contribution in [0.25, 0.3) is 0 Å². The van der Waals surface area contributed by atoms with Gasteiger partial charge in [0.15, 0.2) is 0 Å². The number of benzene rings is 1. The number of anilines is 1. The van der Waals surface area contributed by atoms with Crippen LogP contribution < -0.4 is 16.0 Å². The van der Waals surface area contributed by atoms with Crippen molar-refractivity contribution in [3.8, 4) is 0 Å². The average Bonchev–Trinajstić information content (AvgIpc) is 2.33. The lowest BCUT2D eigenvalue weighted by Gasteiger charge is -2.23. The van der Waals surface area contributed by atoms with E-state index in [0.717, 1.165) is 3.57 Å². The molecule has 2 amide bonds. The van der Waals surface area contributed by atoms with Crippen molar-refractivity contribution in [3.63, 3.8) is 0 Å². The predicted octanol–water partition coefficient (Wildman–Crippen LogP) is 0.971. The van der Waals surface area contributed by atoms with Crippen molar-refractivity contribution in [2.75, 3.05) is 18.4 Å². The van der Waals surface area contributed by atoms with Crippen molar-refractivity contribution < 1.29 is 9.59 Å². The van der Waals surface area contributed by atoms with E-state index in [1.165, 1.54) is 0 Å². The maximum atomic E-state index is 11.9. The van der Waals surface area contributed by atoms with Gasteiger partial charge in [-0.05, 0) is 40.8 Å². The van der Waals surface area contributed by atoms with Gasteiger partial charge in [-0.15, -0.1) is 0 Å². The Morgan fingerprint density at radius 2 is 2.28 bits per heavy atom. The molecule has 2 rings (SSSR count). The molecule has 7 heteroatoms. The number of hydrogen-bond acceptors (Lipinski definition) is 3. The molecule has 1 saturated heterocycles. The molecule has 1 heterocycles. The lowest BCUT2D eigenvalue weighted by molar-refractivity contribution is -0.124. The zero-order chi connectivity index (χ0) is 13.1. The standard InChI is InChI=1S/C11H11ClIN3O2/c12-7-3-6(13)1-2-8(7)16-11(18)9-4-15-10(17)5-14-9/h1-3,9,14H,4-5H2,(H,15,17)(H,16,18). The molecule has 3 N–H and O–H groups in total. The minimum Gasteiger partial charge on any atom is -0.353 e. The maximum Gasteiger partial charge on any atom is 0.243 e. The van der Waals surface area contributed by atoms with Crippen LogP contribution in [-0.4, -0.2) is 30.9 Å². The van der Waals surface area contributed by atoms with Crippen LogP contribution in [0.15, 0.2) is 18.2 Å². The van der Waals surface area contributed by atoms with Crippen LogP contribution in [0.1, 0.15) is 0 Å². The monoisotopic (exact) mass is 379 g/mol. The zero-order valence-corrected chi connectivity index (χ0v) is 12.2. The fourth-order valence-corrected chi connectivity index (χ4v) is 2.47. The Labute approximate surface area is 123 Å². The number of rotatable bonds is 2. The molecule has 0 aliphatic carbocycles. The van der Waals surface area contributed by atoms with E-state index in [2.05, 4.69) is 38.5 Å². The highest BCUT2D eigenvalue weighted by Gasteiger charge is 2.24. The second-order valence-corrected chi connectivity index (χ2v) is 5.50. The first-order chi connectivity index (χ1) is 8.56. The summed E-state index contributed by atoms with van der Waals surface area (Å²) in [7, 11) is 0. The molecule has 1 atom stereocenters. The Morgan fingerprint density at radius 3 is 2.89 bits per heavy atom. The molecule has 0 radical (unpaired) electrons. The van der Waals surface area contributed by atoms with Crippen LogP contribution in [0.5, 0.6) is 0 Å². The minimum absolute atomic E-state index is 0.105. The summed E-state index contributed by atoms with van der Waals surface area (Å²) in [6.07, 6.45) is 0. The van der Waals surface area contributed by atoms with Crippen LogP contribution in [0.3, 0.4) is 0 Å². The van der Waals surface area contributed by atoms with Gasteiger partial charge in [0.05, 0.1) is 17.3 Å². The van der Waals surface area contributed by atoms with Gasteiger partial charge in [-0.25, -0.2) is 0 Å². The van der Waals surface area contributed by atoms with Gasteiger partial charge in [-0.2, -0.15) is 0 Å². The summed E-state index contributed by atoms with van der Waals surface area (Å²) < 4.78 is 0.999. The molecule has 0 saturated carbocycles. The molecule has 1 aliphatic rings. The number of nitrogens with one attached hydrogen (secondary N) is 3. The fourth-order valence-electron chi connectivity index (χ4n) is 1.56. The normalized spacial score (nSPS) is 19.2. The van der Waals surface area contributed by atoms with Gasteiger partial charge in [0.2, 0.25) is 11.8 Å². The summed E-state index contributed by atoms with van der Waals surface area (Å²) >= 11 is 8.17. The molecule has 0 aromatic heterocycles. The van der Waals surface area contributed by atoms with Crippen LogP contribution in [0, 0.1) is 3.57 Å². The molecule has 1 aromatic rings. The Kier molecular flexibility index (Phi) is 4.41. The quantitative estimate of drug-likeness (QED) is 0.671. The van der Waals surface area contributed by atoms with E-state index in [9.17, 15) is 9.59 Å². The molecule has 18 heavy (non-hydrogen) atoms. The fraction of sp³-hybridized carbons (Fsp3) is 0.273. The number of hydrogen-bond donors (Lipinski definition) is 3. The summed E-state index contributed by atoms with van der Waals surface area (Å²) in [5.74, 6) is -0.315. The minimum atomic E-state index is -0.432. The summed E-state index contributed by atoms with van der Waals surface area (Å²) in [5.41, 5.74) is 0.570. The van der Waals surface area contributed by atoms with Crippen LogP contribution in [0.2, 0.25) is 5.02 Å². The Balaban J connectivity index is 2.00. The number of carbonyl (C=O) groups excluding carboxylic acids is 2. The van der Waals surface area contributed by atoms with Crippen LogP contribution >= 0.6 is 34.2 Å². The molecule has 1 aliphatic heterocycles. The summed E-state index contributed by atoms with van der Waals surface area (Å²) in [6, 6.07) is 4.95.